The van der Waals surface area contributed by atoms with Crippen molar-refractivity contribution in [2.75, 3.05) is 6.61 Å². The lowest BCUT2D eigenvalue weighted by atomic mass is 10.1. The first kappa shape index (κ1) is 16.9. The maximum Gasteiger partial charge on any atom is 0.298 e. The molecule has 2 aromatic rings. The van der Waals surface area contributed by atoms with E-state index in [4.69, 9.17) is 9.84 Å². The van der Waals surface area contributed by atoms with Crippen molar-refractivity contribution in [3.05, 3.63) is 16.0 Å². The summed E-state index contributed by atoms with van der Waals surface area (Å²) < 4.78 is 7.19. The molecule has 3 rings (SSSR count). The summed E-state index contributed by atoms with van der Waals surface area (Å²) in [7, 11) is 0. The third-order valence-electron chi connectivity index (χ3n) is 4.03. The molecular weight excluding hydrogens is 322 g/mol. The van der Waals surface area contributed by atoms with E-state index in [1.807, 2.05) is 6.92 Å². The molecule has 4 N–H and O–H groups in total. The summed E-state index contributed by atoms with van der Waals surface area (Å²) in [6.07, 6.45) is -3.80. The Morgan fingerprint density at radius 3 is 2.58 bits per heavy atom. The Kier molecular flexibility index (Phi) is 4.60. The zero-order valence-corrected chi connectivity index (χ0v) is 13.0. The highest BCUT2D eigenvalue weighted by atomic mass is 16.6. The molecule has 4 atom stereocenters. The van der Waals surface area contributed by atoms with E-state index in [0.717, 1.165) is 15.8 Å². The van der Waals surface area contributed by atoms with Gasteiger partial charge < -0.3 is 25.2 Å². The van der Waals surface area contributed by atoms with Gasteiger partial charge in [0.15, 0.2) is 11.7 Å². The van der Waals surface area contributed by atoms with Crippen LogP contribution in [-0.4, -0.2) is 70.1 Å². The largest absolute Gasteiger partial charge is 0.394 e. The lowest BCUT2D eigenvalue weighted by Crippen LogP contribution is -2.37. The van der Waals surface area contributed by atoms with Crippen molar-refractivity contribution in [1.29, 1.82) is 0 Å². The standard InChI is InChI=1S/C13H19N5O6/c1-2-3-6-8-9(17(5-20)15-6)12(23)18(16-14-8)13-11(22)10(21)7(4-19)24-13/h7,10-11,13,19-22H,2-5H2,1H3. The van der Waals surface area contributed by atoms with Gasteiger partial charge in [-0.1, -0.05) is 18.6 Å². The molecule has 4 unspecified atom stereocenters. The van der Waals surface area contributed by atoms with Crippen molar-refractivity contribution in [3.63, 3.8) is 0 Å². The molecule has 1 aliphatic heterocycles. The predicted molar refractivity (Wildman–Crippen MR) is 78.8 cm³/mol. The third-order valence-corrected chi connectivity index (χ3v) is 4.03. The second kappa shape index (κ2) is 6.53. The topological polar surface area (TPSA) is 156 Å². The molecule has 2 aromatic heterocycles. The summed E-state index contributed by atoms with van der Waals surface area (Å²) in [5.74, 6) is 0. The van der Waals surface area contributed by atoms with Crippen LogP contribution in [0.3, 0.4) is 0 Å². The average Bonchev–Trinajstić information content (AvgIpc) is 3.08. The van der Waals surface area contributed by atoms with Crippen LogP contribution < -0.4 is 5.56 Å². The lowest BCUT2D eigenvalue weighted by molar-refractivity contribution is -0.0619. The second-order valence-electron chi connectivity index (χ2n) is 5.60. The molecule has 0 bridgehead atoms. The van der Waals surface area contributed by atoms with E-state index in [0.29, 0.717) is 12.1 Å². The Hall–Kier alpha value is -1.92. The Morgan fingerprint density at radius 2 is 2.00 bits per heavy atom. The highest BCUT2D eigenvalue weighted by Crippen LogP contribution is 2.27. The number of hydrogen-bond acceptors (Lipinski definition) is 9. The van der Waals surface area contributed by atoms with Gasteiger partial charge in [-0.3, -0.25) is 4.79 Å². The van der Waals surface area contributed by atoms with Gasteiger partial charge in [0.2, 0.25) is 0 Å². The minimum Gasteiger partial charge on any atom is -0.394 e. The van der Waals surface area contributed by atoms with Gasteiger partial charge in [0.05, 0.1) is 12.3 Å². The summed E-state index contributed by atoms with van der Waals surface area (Å²) in [4.78, 5) is 12.7. The summed E-state index contributed by atoms with van der Waals surface area (Å²) in [6, 6.07) is 0. The number of aryl methyl sites for hydroxylation is 1. The van der Waals surface area contributed by atoms with Crippen LogP contribution in [0.4, 0.5) is 0 Å². The van der Waals surface area contributed by atoms with Gasteiger partial charge >= 0.3 is 0 Å². The highest BCUT2D eigenvalue weighted by molar-refractivity contribution is 5.75. The number of aromatic nitrogens is 5. The second-order valence-corrected chi connectivity index (χ2v) is 5.60. The fourth-order valence-electron chi connectivity index (χ4n) is 2.82. The fourth-order valence-corrected chi connectivity index (χ4v) is 2.82. The first-order chi connectivity index (χ1) is 11.5. The van der Waals surface area contributed by atoms with Crippen LogP contribution in [0.5, 0.6) is 0 Å². The van der Waals surface area contributed by atoms with E-state index in [2.05, 4.69) is 15.4 Å². The molecule has 1 fully saturated rings. The van der Waals surface area contributed by atoms with Crippen LogP contribution in [0.15, 0.2) is 4.79 Å². The first-order valence-corrected chi connectivity index (χ1v) is 7.61. The zero-order chi connectivity index (χ0) is 17.4. The maximum atomic E-state index is 12.7. The van der Waals surface area contributed by atoms with E-state index in [1.165, 1.54) is 0 Å². The van der Waals surface area contributed by atoms with Crippen LogP contribution in [0, 0.1) is 0 Å². The summed E-state index contributed by atoms with van der Waals surface area (Å²) in [5.41, 5.74) is 0.186. The van der Waals surface area contributed by atoms with Gasteiger partial charge in [-0.2, -0.15) is 9.78 Å². The minimum absolute atomic E-state index is 0.0358. The molecule has 1 aliphatic rings. The van der Waals surface area contributed by atoms with Crippen molar-refractivity contribution in [2.45, 2.75) is 51.0 Å². The molecule has 1 saturated heterocycles. The molecule has 11 nitrogen and oxygen atoms in total. The van der Waals surface area contributed by atoms with E-state index >= 15 is 0 Å². The molecule has 24 heavy (non-hydrogen) atoms. The molecule has 0 aromatic carbocycles. The maximum absolute atomic E-state index is 12.7. The molecule has 0 aliphatic carbocycles. The molecule has 0 amide bonds. The quantitative estimate of drug-likeness (QED) is 0.462. The Bertz CT molecular complexity index is 789. The van der Waals surface area contributed by atoms with E-state index in [1.54, 1.807) is 0 Å². The monoisotopic (exact) mass is 341 g/mol. The number of fused-ring (bicyclic) bond motifs is 1. The lowest BCUT2D eigenvalue weighted by Gasteiger charge is -2.15. The number of aliphatic hydroxyl groups excluding tert-OH is 4. The molecule has 0 radical (unpaired) electrons. The van der Waals surface area contributed by atoms with Crippen molar-refractivity contribution < 1.29 is 25.2 Å². The van der Waals surface area contributed by atoms with E-state index in [9.17, 15) is 20.1 Å². The fraction of sp³-hybridized carbons (Fsp3) is 0.692. The van der Waals surface area contributed by atoms with Crippen molar-refractivity contribution in [3.8, 4) is 0 Å². The molecule has 0 spiro atoms. The zero-order valence-electron chi connectivity index (χ0n) is 13.0. The summed E-state index contributed by atoms with van der Waals surface area (Å²) in [6.45, 7) is 0.906. The molecule has 3 heterocycles. The Balaban J connectivity index is 2.11. The minimum atomic E-state index is -1.45. The number of aliphatic hydroxyl groups is 4. The molecule has 11 heteroatoms. The number of nitrogens with zero attached hydrogens (tertiary/aromatic N) is 5. The number of hydrogen-bond donors (Lipinski definition) is 4. The van der Waals surface area contributed by atoms with Crippen molar-refractivity contribution in [2.24, 2.45) is 0 Å². The van der Waals surface area contributed by atoms with Crippen LogP contribution >= 0.6 is 0 Å². The van der Waals surface area contributed by atoms with Gasteiger partial charge in [-0.05, 0) is 6.42 Å². The summed E-state index contributed by atoms with van der Waals surface area (Å²) in [5, 5.41) is 50.3. The average molecular weight is 341 g/mol. The van der Waals surface area contributed by atoms with Crippen LogP contribution in [0.25, 0.3) is 11.0 Å². The highest BCUT2D eigenvalue weighted by Gasteiger charge is 2.44. The summed E-state index contributed by atoms with van der Waals surface area (Å²) >= 11 is 0. The van der Waals surface area contributed by atoms with Gasteiger partial charge in [0.1, 0.15) is 30.6 Å². The molecular formula is C13H19N5O6. The van der Waals surface area contributed by atoms with Crippen molar-refractivity contribution >= 4 is 11.0 Å². The van der Waals surface area contributed by atoms with Crippen LogP contribution in [-0.2, 0) is 17.9 Å². The first-order valence-electron chi connectivity index (χ1n) is 7.61. The van der Waals surface area contributed by atoms with Gasteiger partial charge in [0.25, 0.3) is 5.56 Å². The van der Waals surface area contributed by atoms with E-state index in [-0.39, 0.29) is 11.0 Å². The molecule has 132 valence electrons. The van der Waals surface area contributed by atoms with Crippen LogP contribution in [0.1, 0.15) is 25.3 Å². The van der Waals surface area contributed by atoms with E-state index < -0.39 is 43.4 Å². The van der Waals surface area contributed by atoms with Crippen LogP contribution in [0.2, 0.25) is 0 Å². The normalized spacial score (nSPS) is 27.2. The van der Waals surface area contributed by atoms with Gasteiger partial charge in [-0.25, -0.2) is 4.68 Å². The number of rotatable bonds is 5. The van der Waals surface area contributed by atoms with Gasteiger partial charge in [0, 0.05) is 0 Å². The Morgan fingerprint density at radius 1 is 1.25 bits per heavy atom. The number of ether oxygens (including phenoxy) is 1. The molecule has 0 saturated carbocycles. The third kappa shape index (κ3) is 2.50. The SMILES string of the molecule is CCCc1nn(CO)c2c(=O)n(C3OC(CO)C(O)C3O)nnc12. The Labute approximate surface area is 135 Å². The predicted octanol–water partition coefficient (Wildman–Crippen LogP) is -2.50. The van der Waals surface area contributed by atoms with Crippen molar-refractivity contribution in [1.82, 2.24) is 24.8 Å². The smallest absolute Gasteiger partial charge is 0.298 e. The van der Waals surface area contributed by atoms with Gasteiger partial charge in [-0.15, -0.1) is 5.10 Å².